The summed E-state index contributed by atoms with van der Waals surface area (Å²) in [6.45, 7) is 4.01. The quantitative estimate of drug-likeness (QED) is 0.469. The van der Waals surface area contributed by atoms with Gasteiger partial charge >= 0.3 is 0 Å². The lowest BCUT2D eigenvalue weighted by molar-refractivity contribution is 0.502. The minimum atomic E-state index is -0.199. The van der Waals surface area contributed by atoms with Crippen LogP contribution in [0.25, 0.3) is 0 Å². The summed E-state index contributed by atoms with van der Waals surface area (Å²) in [6.07, 6.45) is 4.93. The van der Waals surface area contributed by atoms with Crippen molar-refractivity contribution in [3.05, 3.63) is 16.0 Å². The zero-order chi connectivity index (χ0) is 14.8. The summed E-state index contributed by atoms with van der Waals surface area (Å²) < 4.78 is 0. The summed E-state index contributed by atoms with van der Waals surface area (Å²) in [7, 11) is 3.85. The second-order valence-electron chi connectivity index (χ2n) is 5.46. The second kappa shape index (κ2) is 6.78. The van der Waals surface area contributed by atoms with E-state index in [2.05, 4.69) is 29.8 Å². The second-order valence-corrected chi connectivity index (χ2v) is 6.54. The number of aliphatic imine (C=N–C) groups is 1. The number of nitrogens with zero attached hydrogens (tertiary/aromatic N) is 3. The fourth-order valence-electron chi connectivity index (χ4n) is 2.72. The van der Waals surface area contributed by atoms with Crippen molar-refractivity contribution in [3.8, 4) is 17.9 Å². The lowest BCUT2D eigenvalue weighted by Crippen LogP contribution is -2.25. The Morgan fingerprint density at radius 1 is 1.43 bits per heavy atom. The van der Waals surface area contributed by atoms with Crippen molar-refractivity contribution in [2.24, 2.45) is 4.99 Å². The molecule has 1 heterocycles. The maximum Gasteiger partial charge on any atom is 0.136 e. The van der Waals surface area contributed by atoms with Gasteiger partial charge in [-0.05, 0) is 33.1 Å². The average molecular weight is 301 g/mol. The third kappa shape index (κ3) is 3.28. The molecule has 112 valence electrons. The molecule has 21 heavy (non-hydrogen) atoms. The molecule has 0 spiro atoms. The van der Waals surface area contributed by atoms with Gasteiger partial charge in [0.2, 0.25) is 0 Å². The monoisotopic (exact) mass is 301 g/mol. The van der Waals surface area contributed by atoms with Gasteiger partial charge in [0, 0.05) is 24.5 Å². The molecule has 0 radical (unpaired) electrons. The van der Waals surface area contributed by atoms with Crippen LogP contribution in [0.5, 0.6) is 0 Å². The van der Waals surface area contributed by atoms with E-state index in [1.165, 1.54) is 4.88 Å². The van der Waals surface area contributed by atoms with Crippen LogP contribution < -0.4 is 0 Å². The van der Waals surface area contributed by atoms with Crippen LogP contribution in [-0.4, -0.2) is 25.3 Å². The van der Waals surface area contributed by atoms with Gasteiger partial charge in [0.15, 0.2) is 0 Å². The Labute approximate surface area is 132 Å². The zero-order valence-electron chi connectivity index (χ0n) is 12.4. The summed E-state index contributed by atoms with van der Waals surface area (Å²) in [5, 5.41) is 10.4. The van der Waals surface area contributed by atoms with Crippen molar-refractivity contribution in [1.29, 1.82) is 5.26 Å². The molecule has 0 aliphatic heterocycles. The van der Waals surface area contributed by atoms with Gasteiger partial charge < -0.3 is 4.90 Å². The average Bonchev–Trinajstić information content (AvgIpc) is 2.76. The van der Waals surface area contributed by atoms with Crippen molar-refractivity contribution in [3.63, 3.8) is 0 Å². The van der Waals surface area contributed by atoms with Crippen LogP contribution >= 0.6 is 11.3 Å². The van der Waals surface area contributed by atoms with E-state index in [0.29, 0.717) is 5.56 Å². The maximum absolute atomic E-state index is 9.55. The van der Waals surface area contributed by atoms with Gasteiger partial charge in [-0.25, -0.2) is 4.99 Å². The SMILES string of the molecule is C.CC#C[C@@]1(C)CCCc2sc(/N=C/N(C)C)c(C#N)c21. The molecule has 1 aromatic rings. The van der Waals surface area contributed by atoms with Gasteiger partial charge in [0.1, 0.15) is 11.1 Å². The van der Waals surface area contributed by atoms with E-state index < -0.39 is 0 Å². The Kier molecular flexibility index (Phi) is 5.58. The molecule has 3 nitrogen and oxygen atoms in total. The Morgan fingerprint density at radius 3 is 2.71 bits per heavy atom. The highest BCUT2D eigenvalue weighted by atomic mass is 32.1. The Hall–Kier alpha value is -1.78. The molecular formula is C17H23N3S. The number of thiophene rings is 1. The predicted molar refractivity (Wildman–Crippen MR) is 91.3 cm³/mol. The van der Waals surface area contributed by atoms with Gasteiger partial charge in [-0.1, -0.05) is 13.3 Å². The van der Waals surface area contributed by atoms with E-state index in [1.54, 1.807) is 17.7 Å². The molecule has 0 N–H and O–H groups in total. The zero-order valence-corrected chi connectivity index (χ0v) is 13.3. The molecule has 1 aromatic heterocycles. The molecular weight excluding hydrogens is 278 g/mol. The van der Waals surface area contributed by atoms with E-state index in [9.17, 15) is 5.26 Å². The van der Waals surface area contributed by atoms with Crippen molar-refractivity contribution in [2.75, 3.05) is 14.1 Å². The molecule has 4 heteroatoms. The first-order chi connectivity index (χ1) is 9.51. The lowest BCUT2D eigenvalue weighted by atomic mass is 9.73. The van der Waals surface area contributed by atoms with Gasteiger partial charge in [-0.3, -0.25) is 0 Å². The Balaban J connectivity index is 0.00000220. The predicted octanol–water partition coefficient (Wildman–Crippen LogP) is 4.09. The molecule has 1 aliphatic carbocycles. The molecule has 0 amide bonds. The number of nitriles is 1. The molecule has 0 saturated heterocycles. The lowest BCUT2D eigenvalue weighted by Gasteiger charge is -2.29. The molecule has 1 atom stereocenters. The minimum Gasteiger partial charge on any atom is -0.369 e. The first kappa shape index (κ1) is 17.3. The van der Waals surface area contributed by atoms with Crippen LogP contribution in [-0.2, 0) is 11.8 Å². The topological polar surface area (TPSA) is 39.4 Å². The Bertz CT molecular complexity index is 637. The number of rotatable bonds is 2. The number of hydrogen-bond donors (Lipinski definition) is 0. The fraction of sp³-hybridized carbons (Fsp3) is 0.529. The van der Waals surface area contributed by atoms with Gasteiger partial charge in [0.25, 0.3) is 0 Å². The summed E-state index contributed by atoms with van der Waals surface area (Å²) in [5.74, 6) is 6.34. The maximum atomic E-state index is 9.55. The van der Waals surface area contributed by atoms with Crippen LogP contribution in [0.3, 0.4) is 0 Å². The Morgan fingerprint density at radius 2 is 2.14 bits per heavy atom. The molecule has 0 unspecified atom stereocenters. The van der Waals surface area contributed by atoms with Gasteiger partial charge in [0.05, 0.1) is 17.3 Å². The molecule has 0 fully saturated rings. The number of hydrogen-bond acceptors (Lipinski definition) is 3. The van der Waals surface area contributed by atoms with Crippen LogP contribution in [0, 0.1) is 23.2 Å². The summed E-state index contributed by atoms with van der Waals surface area (Å²) in [5.41, 5.74) is 1.64. The standard InChI is InChI=1S/C16H19N3S.CH4/c1-5-8-16(2)9-6-7-13-14(16)12(10-17)15(20-13)18-11-19(3)4;/h11H,6-7,9H2,1-4H3;1H4/b18-11+;/t16-;/m0./s1. The third-order valence-electron chi connectivity index (χ3n) is 3.51. The largest absolute Gasteiger partial charge is 0.369 e. The van der Waals surface area contributed by atoms with Gasteiger partial charge in [-0.2, -0.15) is 5.26 Å². The molecule has 0 saturated carbocycles. The first-order valence-corrected chi connectivity index (χ1v) is 7.54. The first-order valence-electron chi connectivity index (χ1n) is 6.72. The number of aryl methyl sites for hydroxylation is 1. The van der Waals surface area contributed by atoms with E-state index in [1.807, 2.05) is 25.9 Å². The third-order valence-corrected chi connectivity index (χ3v) is 4.67. The molecule has 0 bridgehead atoms. The van der Waals surface area contributed by atoms with Crippen molar-refractivity contribution < 1.29 is 0 Å². The summed E-state index contributed by atoms with van der Waals surface area (Å²) >= 11 is 1.64. The van der Waals surface area contributed by atoms with E-state index in [0.717, 1.165) is 29.8 Å². The minimum absolute atomic E-state index is 0. The molecule has 2 rings (SSSR count). The summed E-state index contributed by atoms with van der Waals surface area (Å²) in [4.78, 5) is 7.62. The number of fused-ring (bicyclic) bond motifs is 1. The van der Waals surface area contributed by atoms with Crippen molar-refractivity contribution in [1.82, 2.24) is 4.90 Å². The van der Waals surface area contributed by atoms with E-state index >= 15 is 0 Å². The van der Waals surface area contributed by atoms with Crippen LogP contribution in [0.15, 0.2) is 4.99 Å². The normalized spacial score (nSPS) is 20.0. The van der Waals surface area contributed by atoms with Crippen LogP contribution in [0.4, 0.5) is 5.00 Å². The molecule has 1 aliphatic rings. The van der Waals surface area contributed by atoms with E-state index in [-0.39, 0.29) is 12.8 Å². The highest BCUT2D eigenvalue weighted by Gasteiger charge is 2.36. The summed E-state index contributed by atoms with van der Waals surface area (Å²) in [6, 6.07) is 2.35. The van der Waals surface area contributed by atoms with E-state index in [4.69, 9.17) is 0 Å². The smallest absolute Gasteiger partial charge is 0.136 e. The highest BCUT2D eigenvalue weighted by Crippen LogP contribution is 2.47. The molecule has 0 aromatic carbocycles. The van der Waals surface area contributed by atoms with Crippen LogP contribution in [0.1, 0.15) is 50.1 Å². The fourth-order valence-corrected chi connectivity index (χ4v) is 3.97. The highest BCUT2D eigenvalue weighted by molar-refractivity contribution is 7.16. The van der Waals surface area contributed by atoms with Crippen molar-refractivity contribution >= 4 is 22.7 Å². The van der Waals surface area contributed by atoms with Crippen molar-refractivity contribution in [2.45, 2.75) is 46.0 Å². The van der Waals surface area contributed by atoms with Gasteiger partial charge in [-0.15, -0.1) is 17.3 Å². The van der Waals surface area contributed by atoms with Crippen LogP contribution in [0.2, 0.25) is 0 Å².